The van der Waals surface area contributed by atoms with E-state index in [1.54, 1.807) is 47.0 Å². The van der Waals surface area contributed by atoms with Gasteiger partial charge in [0.2, 0.25) is 0 Å². The van der Waals surface area contributed by atoms with E-state index in [4.69, 9.17) is 0 Å². The Morgan fingerprint density at radius 1 is 0.909 bits per heavy atom. The molecule has 0 aliphatic carbocycles. The first-order valence-electron chi connectivity index (χ1n) is 6.70. The second-order valence-electron chi connectivity index (χ2n) is 4.79. The lowest BCUT2D eigenvalue weighted by Gasteiger charge is -2.11. The zero-order chi connectivity index (χ0) is 15.1. The number of hydrogen-bond acceptors (Lipinski definition) is 4. The lowest BCUT2D eigenvalue weighted by atomic mass is 10.2. The predicted molar refractivity (Wildman–Crippen MR) is 81.5 cm³/mol. The highest BCUT2D eigenvalue weighted by Crippen LogP contribution is 2.14. The molecule has 0 atom stereocenters. The molecule has 22 heavy (non-hydrogen) atoms. The van der Waals surface area contributed by atoms with E-state index in [0.29, 0.717) is 22.7 Å². The third-order valence-corrected chi connectivity index (χ3v) is 3.47. The van der Waals surface area contributed by atoms with Crippen molar-refractivity contribution in [3.8, 4) is 17.1 Å². The first-order chi connectivity index (χ1) is 10.8. The van der Waals surface area contributed by atoms with E-state index in [2.05, 4.69) is 9.97 Å². The molecule has 0 radical (unpaired) electrons. The third-order valence-electron chi connectivity index (χ3n) is 3.47. The molecular weight excluding hydrogens is 280 g/mol. The Bertz CT molecular complexity index is 1070. The second kappa shape index (κ2) is 4.63. The summed E-state index contributed by atoms with van der Waals surface area (Å²) in [4.78, 5) is 33.3. The molecule has 6 nitrogen and oxygen atoms in total. The van der Waals surface area contributed by atoms with Crippen LogP contribution in [0.3, 0.4) is 0 Å². The van der Waals surface area contributed by atoms with E-state index in [1.807, 2.05) is 12.1 Å². The molecule has 1 aromatic carbocycles. The van der Waals surface area contributed by atoms with Gasteiger partial charge in [-0.3, -0.25) is 9.20 Å². The van der Waals surface area contributed by atoms with Crippen molar-refractivity contribution in [3.05, 3.63) is 81.8 Å². The Morgan fingerprint density at radius 2 is 1.68 bits per heavy atom. The fourth-order valence-corrected chi connectivity index (χ4v) is 2.45. The van der Waals surface area contributed by atoms with Crippen LogP contribution in [0.15, 0.2) is 70.5 Å². The van der Waals surface area contributed by atoms with Gasteiger partial charge in [-0.25, -0.2) is 14.3 Å². The zero-order valence-electron chi connectivity index (χ0n) is 11.4. The average molecular weight is 290 g/mol. The summed E-state index contributed by atoms with van der Waals surface area (Å²) in [6, 6.07) is 14.1. The van der Waals surface area contributed by atoms with Gasteiger partial charge in [0.05, 0.1) is 5.69 Å². The maximum atomic E-state index is 12.7. The number of fused-ring (bicyclic) bond motifs is 3. The van der Waals surface area contributed by atoms with Crippen molar-refractivity contribution in [3.63, 3.8) is 0 Å². The standard InChI is InChI=1S/C16H10N4O2/c21-15-12-10-17-13-8-4-5-9-19(13)14(12)18-16(22)20(15)11-6-2-1-3-7-11/h1-10H. The summed E-state index contributed by atoms with van der Waals surface area (Å²) in [5, 5.41) is 0. The van der Waals surface area contributed by atoms with Crippen LogP contribution >= 0.6 is 0 Å². The summed E-state index contributed by atoms with van der Waals surface area (Å²) >= 11 is 0. The molecule has 4 rings (SSSR count). The molecule has 0 saturated heterocycles. The summed E-state index contributed by atoms with van der Waals surface area (Å²) in [7, 11) is 0. The van der Waals surface area contributed by atoms with Crippen molar-refractivity contribution in [1.82, 2.24) is 18.9 Å². The summed E-state index contributed by atoms with van der Waals surface area (Å²) < 4.78 is 2.69. The Balaban J connectivity index is 2.15. The topological polar surface area (TPSA) is 69.3 Å². The van der Waals surface area contributed by atoms with E-state index in [0.717, 1.165) is 4.57 Å². The van der Waals surface area contributed by atoms with Gasteiger partial charge in [0.1, 0.15) is 11.2 Å². The van der Waals surface area contributed by atoms with Crippen molar-refractivity contribution < 1.29 is 0 Å². The van der Waals surface area contributed by atoms with Gasteiger partial charge in [0.25, 0.3) is 5.56 Å². The lowest BCUT2D eigenvalue weighted by molar-refractivity contribution is 0.852. The van der Waals surface area contributed by atoms with E-state index >= 15 is 0 Å². The summed E-state index contributed by atoms with van der Waals surface area (Å²) in [5.74, 6) is 0.313. The number of rotatable bonds is 1. The van der Waals surface area contributed by atoms with E-state index in [9.17, 15) is 9.59 Å². The second-order valence-corrected chi connectivity index (χ2v) is 4.79. The van der Waals surface area contributed by atoms with Crippen LogP contribution in [0.5, 0.6) is 0 Å². The molecule has 1 aromatic heterocycles. The Hall–Kier alpha value is -3.28. The van der Waals surface area contributed by atoms with E-state index < -0.39 is 11.2 Å². The smallest absolute Gasteiger partial charge is 0.285 e. The quantitative estimate of drug-likeness (QED) is 0.496. The van der Waals surface area contributed by atoms with Crippen LogP contribution in [0.4, 0.5) is 0 Å². The molecule has 0 spiro atoms. The van der Waals surface area contributed by atoms with Crippen molar-refractivity contribution >= 4 is 5.65 Å². The SMILES string of the molecule is O=c1nc2n3ccccc3ncc-2c(=O)n1-c1ccccc1. The fourth-order valence-electron chi connectivity index (χ4n) is 2.45. The van der Waals surface area contributed by atoms with E-state index in [1.165, 1.54) is 6.20 Å². The van der Waals surface area contributed by atoms with Crippen molar-refractivity contribution in [1.29, 1.82) is 0 Å². The number of nitrogens with zero attached hydrogens (tertiary/aromatic N) is 4. The summed E-state index contributed by atoms with van der Waals surface area (Å²) in [6.45, 7) is 0. The maximum absolute atomic E-state index is 12.7. The Kier molecular flexibility index (Phi) is 2.62. The number of aromatic nitrogens is 4. The highest BCUT2D eigenvalue weighted by Gasteiger charge is 2.18. The lowest BCUT2D eigenvalue weighted by Crippen LogP contribution is -2.36. The van der Waals surface area contributed by atoms with Gasteiger partial charge in [-0.15, -0.1) is 0 Å². The highest BCUT2D eigenvalue weighted by atomic mass is 16.2. The monoisotopic (exact) mass is 290 g/mol. The maximum Gasteiger partial charge on any atom is 0.357 e. The molecular formula is C16H10N4O2. The van der Waals surface area contributed by atoms with Crippen LogP contribution < -0.4 is 11.2 Å². The molecule has 106 valence electrons. The molecule has 2 aromatic rings. The van der Waals surface area contributed by atoms with Gasteiger partial charge in [-0.1, -0.05) is 24.3 Å². The van der Waals surface area contributed by atoms with Crippen LogP contribution in [-0.2, 0) is 0 Å². The first-order valence-corrected chi connectivity index (χ1v) is 6.70. The van der Waals surface area contributed by atoms with Crippen LogP contribution in [-0.4, -0.2) is 18.9 Å². The van der Waals surface area contributed by atoms with Gasteiger partial charge in [0.15, 0.2) is 5.82 Å². The van der Waals surface area contributed by atoms with Gasteiger partial charge in [-0.2, -0.15) is 4.98 Å². The molecule has 0 saturated carbocycles. The van der Waals surface area contributed by atoms with Gasteiger partial charge in [-0.05, 0) is 24.3 Å². The fraction of sp³-hybridized carbons (Fsp3) is 0. The predicted octanol–water partition coefficient (Wildman–Crippen LogP) is 1.35. The molecule has 0 N–H and O–H groups in total. The number of hydrogen-bond donors (Lipinski definition) is 0. The van der Waals surface area contributed by atoms with Crippen LogP contribution in [0.25, 0.3) is 22.7 Å². The molecule has 0 amide bonds. The van der Waals surface area contributed by atoms with Gasteiger partial charge in [0, 0.05) is 12.4 Å². The Morgan fingerprint density at radius 3 is 2.50 bits per heavy atom. The van der Waals surface area contributed by atoms with Crippen molar-refractivity contribution in [2.75, 3.05) is 0 Å². The minimum Gasteiger partial charge on any atom is -0.285 e. The normalized spacial score (nSPS) is 11.1. The van der Waals surface area contributed by atoms with Crippen LogP contribution in [0, 0.1) is 0 Å². The van der Waals surface area contributed by atoms with E-state index in [-0.39, 0.29) is 0 Å². The molecule has 0 fully saturated rings. The van der Waals surface area contributed by atoms with Crippen molar-refractivity contribution in [2.24, 2.45) is 0 Å². The first kappa shape index (κ1) is 12.5. The third kappa shape index (κ3) is 1.74. The summed E-state index contributed by atoms with van der Waals surface area (Å²) in [6.07, 6.45) is 3.18. The molecule has 2 aliphatic heterocycles. The van der Waals surface area contributed by atoms with Crippen molar-refractivity contribution in [2.45, 2.75) is 0 Å². The number of benzene rings is 1. The largest absolute Gasteiger partial charge is 0.357 e. The summed E-state index contributed by atoms with van der Waals surface area (Å²) in [5.41, 5.74) is 0.385. The zero-order valence-corrected chi connectivity index (χ0v) is 11.4. The minimum atomic E-state index is -0.604. The van der Waals surface area contributed by atoms with Gasteiger partial charge < -0.3 is 0 Å². The van der Waals surface area contributed by atoms with Crippen LogP contribution in [0.2, 0.25) is 0 Å². The molecule has 6 heteroatoms. The molecule has 2 aliphatic rings. The Labute approximate surface area is 124 Å². The van der Waals surface area contributed by atoms with Gasteiger partial charge >= 0.3 is 5.69 Å². The minimum absolute atomic E-state index is 0.298. The average Bonchev–Trinajstić information content (AvgIpc) is 2.56. The van der Waals surface area contributed by atoms with Crippen LogP contribution in [0.1, 0.15) is 0 Å². The molecule has 0 unspecified atom stereocenters. The molecule has 0 bridgehead atoms. The highest BCUT2D eigenvalue weighted by molar-refractivity contribution is 5.59. The number of pyridine rings is 1. The molecule has 3 heterocycles. The number of para-hydroxylation sites is 1.